The number of benzene rings is 3. The molecule has 0 amide bonds. The van der Waals surface area contributed by atoms with E-state index in [0.29, 0.717) is 24.5 Å². The second-order valence-electron chi connectivity index (χ2n) is 13.7. The summed E-state index contributed by atoms with van der Waals surface area (Å²) < 4.78 is 92.3. The van der Waals surface area contributed by atoms with Gasteiger partial charge in [-0.3, -0.25) is 4.90 Å². The molecule has 2 fully saturated rings. The molecular formula is C39H37ClF5N5O4. The summed E-state index contributed by atoms with van der Waals surface area (Å²) in [6, 6.07) is 16.4. The van der Waals surface area contributed by atoms with Gasteiger partial charge >= 0.3 is 12.2 Å². The number of aryl methyl sites for hydroxylation is 1. The summed E-state index contributed by atoms with van der Waals surface area (Å²) in [5, 5.41) is 10.1. The van der Waals surface area contributed by atoms with Crippen molar-refractivity contribution in [1.29, 1.82) is 0 Å². The number of rotatable bonds is 11. The molecule has 2 aliphatic heterocycles. The maximum atomic E-state index is 16.8. The minimum absolute atomic E-state index is 0.0142. The summed E-state index contributed by atoms with van der Waals surface area (Å²) in [4.78, 5) is 16.4. The standard InChI is InChI=1S/C39H37ClF5N5O4/c1-22-15-30(49(18-23-5-9-26(52-2)10-6-23)19-24-7-11-27(53-3)12-8-24)46-35(32(22)39(43,44)45)31-29(40)16-28-34(33(31)42)47-37(48-36(28)51)54-21-38-13-4-14-50(38)20-25(41)17-38/h5-12,15-16,25H,4,13-14,17-21H2,1-3H3,(H,47,48,51)/t25-,38-/m0/s1. The third-order valence-corrected chi connectivity index (χ3v) is 10.5. The molecule has 15 heteroatoms. The molecule has 0 bridgehead atoms. The van der Waals surface area contributed by atoms with Gasteiger partial charge in [0.1, 0.15) is 35.6 Å². The highest BCUT2D eigenvalue weighted by Gasteiger charge is 2.49. The monoisotopic (exact) mass is 769 g/mol. The highest BCUT2D eigenvalue weighted by atomic mass is 35.5. The Hall–Kier alpha value is -4.95. The van der Waals surface area contributed by atoms with Gasteiger partial charge in [0.25, 0.3) is 0 Å². The second kappa shape index (κ2) is 14.7. The van der Waals surface area contributed by atoms with E-state index in [0.717, 1.165) is 23.6 Å². The van der Waals surface area contributed by atoms with Gasteiger partial charge in [-0.25, -0.2) is 13.8 Å². The van der Waals surface area contributed by atoms with Crippen LogP contribution in [0.2, 0.25) is 5.02 Å². The fourth-order valence-electron chi connectivity index (χ4n) is 7.57. The number of fused-ring (bicyclic) bond motifs is 2. The first-order valence-electron chi connectivity index (χ1n) is 17.3. The number of ether oxygens (including phenoxy) is 3. The van der Waals surface area contributed by atoms with Crippen LogP contribution in [0, 0.1) is 12.7 Å². The maximum absolute atomic E-state index is 16.8. The number of aromatic hydroxyl groups is 1. The fourth-order valence-corrected chi connectivity index (χ4v) is 7.85. The molecule has 5 aromatic rings. The Morgan fingerprint density at radius 2 is 1.59 bits per heavy atom. The van der Waals surface area contributed by atoms with Crippen molar-refractivity contribution in [3.63, 3.8) is 0 Å². The molecular weight excluding hydrogens is 733 g/mol. The van der Waals surface area contributed by atoms with Crippen molar-refractivity contribution in [2.45, 2.75) is 57.2 Å². The van der Waals surface area contributed by atoms with Crippen molar-refractivity contribution in [3.05, 3.63) is 93.8 Å². The molecule has 3 aromatic carbocycles. The molecule has 0 radical (unpaired) electrons. The molecule has 284 valence electrons. The molecule has 2 saturated heterocycles. The van der Waals surface area contributed by atoms with Crippen LogP contribution in [0.4, 0.5) is 27.8 Å². The Morgan fingerprint density at radius 1 is 0.963 bits per heavy atom. The van der Waals surface area contributed by atoms with Gasteiger partial charge in [0.15, 0.2) is 5.82 Å². The van der Waals surface area contributed by atoms with E-state index in [9.17, 15) is 22.7 Å². The first-order valence-corrected chi connectivity index (χ1v) is 17.7. The van der Waals surface area contributed by atoms with E-state index in [1.165, 1.54) is 13.0 Å². The van der Waals surface area contributed by atoms with Crippen molar-refractivity contribution in [3.8, 4) is 34.6 Å². The Kier molecular flexibility index (Phi) is 10.2. The molecule has 2 aliphatic rings. The number of hydrogen-bond donors (Lipinski definition) is 1. The van der Waals surface area contributed by atoms with Crippen LogP contribution in [0.25, 0.3) is 22.2 Å². The topological polar surface area (TPSA) is 93.1 Å². The molecule has 7 rings (SSSR count). The molecule has 2 aromatic heterocycles. The maximum Gasteiger partial charge on any atom is 0.418 e. The van der Waals surface area contributed by atoms with Gasteiger partial charge in [-0.2, -0.15) is 23.1 Å². The zero-order chi connectivity index (χ0) is 38.4. The Balaban J connectivity index is 1.33. The quantitative estimate of drug-likeness (QED) is 0.133. The lowest BCUT2D eigenvalue weighted by molar-refractivity contribution is -0.137. The lowest BCUT2D eigenvalue weighted by atomic mass is 9.95. The van der Waals surface area contributed by atoms with Gasteiger partial charge in [-0.05, 0) is 79.4 Å². The zero-order valence-corrected chi connectivity index (χ0v) is 30.4. The van der Waals surface area contributed by atoms with E-state index in [4.69, 9.17) is 25.8 Å². The average molecular weight is 770 g/mol. The minimum Gasteiger partial charge on any atom is -0.497 e. The van der Waals surface area contributed by atoms with E-state index in [1.807, 2.05) is 29.2 Å². The van der Waals surface area contributed by atoms with Crippen LogP contribution in [0.15, 0.2) is 60.7 Å². The van der Waals surface area contributed by atoms with Gasteiger partial charge in [0.05, 0.1) is 47.0 Å². The number of nitrogens with zero attached hydrogens (tertiary/aromatic N) is 5. The molecule has 9 nitrogen and oxygen atoms in total. The first kappa shape index (κ1) is 37.4. The summed E-state index contributed by atoms with van der Waals surface area (Å²) in [6.07, 6.45) is -4.22. The molecule has 2 atom stereocenters. The van der Waals surface area contributed by atoms with E-state index >= 15 is 4.39 Å². The van der Waals surface area contributed by atoms with Crippen LogP contribution in [0.1, 0.15) is 41.5 Å². The van der Waals surface area contributed by atoms with Crippen LogP contribution in [-0.4, -0.2) is 70.6 Å². The summed E-state index contributed by atoms with van der Waals surface area (Å²) in [6.45, 7) is 2.67. The van der Waals surface area contributed by atoms with Gasteiger partial charge in [-0.15, -0.1) is 0 Å². The van der Waals surface area contributed by atoms with Gasteiger partial charge in [-0.1, -0.05) is 35.9 Å². The van der Waals surface area contributed by atoms with E-state index < -0.39 is 63.0 Å². The lowest BCUT2D eigenvalue weighted by Gasteiger charge is -2.30. The summed E-state index contributed by atoms with van der Waals surface area (Å²) in [5.41, 5.74) is -2.31. The van der Waals surface area contributed by atoms with Crippen LogP contribution in [-0.2, 0) is 19.3 Å². The van der Waals surface area contributed by atoms with E-state index in [-0.39, 0.29) is 49.4 Å². The summed E-state index contributed by atoms with van der Waals surface area (Å²) in [5.74, 6) is -0.560. The highest BCUT2D eigenvalue weighted by Crippen LogP contribution is 2.46. The molecule has 1 N–H and O–H groups in total. The predicted octanol–water partition coefficient (Wildman–Crippen LogP) is 8.70. The second-order valence-corrected chi connectivity index (χ2v) is 14.1. The molecule has 0 unspecified atom stereocenters. The van der Waals surface area contributed by atoms with Crippen LogP contribution < -0.4 is 19.1 Å². The number of aromatic nitrogens is 3. The van der Waals surface area contributed by atoms with Crippen LogP contribution in [0.3, 0.4) is 0 Å². The summed E-state index contributed by atoms with van der Waals surface area (Å²) in [7, 11) is 3.08. The van der Waals surface area contributed by atoms with Crippen molar-refractivity contribution < 1.29 is 41.3 Å². The largest absolute Gasteiger partial charge is 0.497 e. The third kappa shape index (κ3) is 7.28. The molecule has 54 heavy (non-hydrogen) atoms. The number of halogens is 6. The van der Waals surface area contributed by atoms with Crippen LogP contribution >= 0.6 is 11.6 Å². The zero-order valence-electron chi connectivity index (χ0n) is 29.7. The number of methoxy groups -OCH3 is 2. The van der Waals surface area contributed by atoms with E-state index in [1.54, 1.807) is 43.4 Å². The highest BCUT2D eigenvalue weighted by molar-refractivity contribution is 6.34. The number of hydrogen-bond acceptors (Lipinski definition) is 9. The molecule has 0 spiro atoms. The molecule has 4 heterocycles. The minimum atomic E-state index is -4.96. The average Bonchev–Trinajstić information content (AvgIpc) is 3.66. The first-order chi connectivity index (χ1) is 25.8. The third-order valence-electron chi connectivity index (χ3n) is 10.2. The van der Waals surface area contributed by atoms with Crippen LogP contribution in [0.5, 0.6) is 23.4 Å². The van der Waals surface area contributed by atoms with Gasteiger partial charge < -0.3 is 24.2 Å². The molecule has 0 aliphatic carbocycles. The van der Waals surface area contributed by atoms with Crippen molar-refractivity contribution in [1.82, 2.24) is 19.9 Å². The smallest absolute Gasteiger partial charge is 0.418 e. The SMILES string of the molecule is COc1ccc(CN(Cc2ccc(OC)cc2)c2cc(C)c(C(F)(F)F)c(-c3c(Cl)cc4c(O)nc(OC[C@@]56CCCN5C[C@@H](F)C6)nc4c3F)n2)cc1. The van der Waals surface area contributed by atoms with Crippen molar-refractivity contribution >= 4 is 28.3 Å². The van der Waals surface area contributed by atoms with Gasteiger partial charge in [0, 0.05) is 26.1 Å². The van der Waals surface area contributed by atoms with Crippen molar-refractivity contribution in [2.75, 3.05) is 38.8 Å². The Morgan fingerprint density at radius 3 is 2.19 bits per heavy atom. The Bertz CT molecular complexity index is 2120. The number of alkyl halides is 4. The predicted molar refractivity (Wildman–Crippen MR) is 194 cm³/mol. The van der Waals surface area contributed by atoms with Gasteiger partial charge in [0.2, 0.25) is 5.88 Å². The van der Waals surface area contributed by atoms with Crippen molar-refractivity contribution in [2.24, 2.45) is 0 Å². The normalized spacial score (nSPS) is 18.6. The Labute approximate surface area is 313 Å². The number of pyridine rings is 1. The molecule has 0 saturated carbocycles. The number of anilines is 1. The van der Waals surface area contributed by atoms with E-state index in [2.05, 4.69) is 15.0 Å². The lowest BCUT2D eigenvalue weighted by Crippen LogP contribution is -2.43. The fraction of sp³-hybridized carbons (Fsp3) is 0.359. The summed E-state index contributed by atoms with van der Waals surface area (Å²) >= 11 is 6.58.